The number of amides is 1. The van der Waals surface area contributed by atoms with Crippen molar-refractivity contribution in [2.45, 2.75) is 57.0 Å². The van der Waals surface area contributed by atoms with Gasteiger partial charge in [-0.2, -0.15) is 0 Å². The van der Waals surface area contributed by atoms with Gasteiger partial charge in [-0.05, 0) is 75.0 Å². The maximum Gasteiger partial charge on any atom is 0.219 e. The van der Waals surface area contributed by atoms with Gasteiger partial charge in [0.05, 0.1) is 15.6 Å². The lowest BCUT2D eigenvalue weighted by Gasteiger charge is -2.49. The molecule has 0 aliphatic carbocycles. The first-order valence-electron chi connectivity index (χ1n) is 12.6. The van der Waals surface area contributed by atoms with Gasteiger partial charge in [-0.15, -0.1) is 12.4 Å². The molecule has 0 spiro atoms. The van der Waals surface area contributed by atoms with Crippen LogP contribution in [-0.2, 0) is 10.3 Å². The van der Waals surface area contributed by atoms with E-state index in [1.807, 2.05) is 30.1 Å². The van der Waals surface area contributed by atoms with Gasteiger partial charge in [0.1, 0.15) is 0 Å². The fraction of sp³-hybridized carbons (Fsp3) is 0.536. The number of hydrogen-bond donors (Lipinski definition) is 0. The highest BCUT2D eigenvalue weighted by Crippen LogP contribution is 2.41. The Hall–Kier alpha value is -1.30. The summed E-state index contributed by atoms with van der Waals surface area (Å²) in [6, 6.07) is 16.9. The van der Waals surface area contributed by atoms with Crippen molar-refractivity contribution in [1.29, 1.82) is 0 Å². The van der Waals surface area contributed by atoms with Crippen molar-refractivity contribution in [3.05, 3.63) is 69.7 Å². The Labute approximate surface area is 227 Å². The minimum absolute atomic E-state index is 0. The Kier molecular flexibility index (Phi) is 10.3. The molecule has 2 aliphatic heterocycles. The first kappa shape index (κ1) is 28.3. The molecule has 2 aromatic rings. The molecule has 2 heterocycles. The van der Waals surface area contributed by atoms with Crippen LogP contribution in [0, 0.1) is 0 Å². The maximum absolute atomic E-state index is 12.5. The summed E-state index contributed by atoms with van der Waals surface area (Å²) in [4.78, 5) is 19.6. The summed E-state index contributed by atoms with van der Waals surface area (Å²) in [5.74, 6) is 0.114. The third-order valence-electron chi connectivity index (χ3n) is 7.99. The van der Waals surface area contributed by atoms with Gasteiger partial charge in [-0.3, -0.25) is 9.69 Å². The summed E-state index contributed by atoms with van der Waals surface area (Å²) < 4.78 is 0. The van der Waals surface area contributed by atoms with Gasteiger partial charge in [0.2, 0.25) is 5.91 Å². The molecule has 192 valence electrons. The molecule has 2 aliphatic rings. The third kappa shape index (κ3) is 6.53. The van der Waals surface area contributed by atoms with E-state index < -0.39 is 0 Å². The number of halogens is 3. The fourth-order valence-electron chi connectivity index (χ4n) is 5.84. The zero-order chi connectivity index (χ0) is 24.1. The smallest absolute Gasteiger partial charge is 0.219 e. The number of benzene rings is 2. The Balaban J connectivity index is 0.00000342. The van der Waals surface area contributed by atoms with Gasteiger partial charge in [-0.25, -0.2) is 0 Å². The van der Waals surface area contributed by atoms with Gasteiger partial charge in [0.15, 0.2) is 0 Å². The number of likely N-dealkylation sites (tertiary alicyclic amines) is 2. The van der Waals surface area contributed by atoms with E-state index in [0.29, 0.717) is 10.0 Å². The molecule has 0 saturated carbocycles. The topological polar surface area (TPSA) is 26.8 Å². The average molecular weight is 539 g/mol. The highest BCUT2D eigenvalue weighted by atomic mass is 35.5. The summed E-state index contributed by atoms with van der Waals surface area (Å²) in [5, 5.41) is 1.22. The molecule has 1 unspecified atom stereocenters. The maximum atomic E-state index is 12.5. The Morgan fingerprint density at radius 2 is 1.63 bits per heavy atom. The summed E-state index contributed by atoms with van der Waals surface area (Å²) in [5.41, 5.74) is 2.20. The highest BCUT2D eigenvalue weighted by molar-refractivity contribution is 6.42. The number of carbonyl (C=O) groups excluding carboxylic acids is 1. The molecule has 2 saturated heterocycles. The van der Waals surface area contributed by atoms with Gasteiger partial charge < -0.3 is 9.80 Å². The molecule has 4 nitrogen and oxygen atoms in total. The average Bonchev–Trinajstić information content (AvgIpc) is 2.87. The standard InChI is InChI=1S/C28H37Cl2N3O.ClH/c1-22(34)31(2)28(24-9-5-3-6-10-24)14-19-33(20-15-28)27(13-18-32-16-7-4-8-17-32)23-11-12-25(29)26(30)21-23;/h3,5-6,9-12,21,27H,4,7-8,13-20H2,1-2H3;1H. The van der Waals surface area contributed by atoms with Crippen LogP contribution >= 0.6 is 35.6 Å². The second-order valence-electron chi connectivity index (χ2n) is 9.89. The quantitative estimate of drug-likeness (QED) is 0.388. The van der Waals surface area contributed by atoms with E-state index in [2.05, 4.69) is 40.1 Å². The van der Waals surface area contributed by atoms with Crippen molar-refractivity contribution in [2.75, 3.05) is 39.8 Å². The minimum atomic E-state index is -0.265. The number of nitrogens with zero attached hydrogens (tertiary/aromatic N) is 3. The van der Waals surface area contributed by atoms with Crippen molar-refractivity contribution >= 4 is 41.5 Å². The lowest BCUT2D eigenvalue weighted by atomic mass is 9.78. The minimum Gasteiger partial charge on any atom is -0.336 e. The van der Waals surface area contributed by atoms with Crippen LogP contribution in [0.15, 0.2) is 48.5 Å². The Bertz CT molecular complexity index is 957. The van der Waals surface area contributed by atoms with Gasteiger partial charge >= 0.3 is 0 Å². The third-order valence-corrected chi connectivity index (χ3v) is 8.73. The molecule has 0 aromatic heterocycles. The molecular weight excluding hydrogens is 501 g/mol. The fourth-order valence-corrected chi connectivity index (χ4v) is 6.15. The van der Waals surface area contributed by atoms with Crippen molar-refractivity contribution in [3.8, 4) is 0 Å². The molecule has 7 heteroatoms. The van der Waals surface area contributed by atoms with Crippen LogP contribution in [-0.4, -0.2) is 60.4 Å². The molecular formula is C28H38Cl3N3O. The van der Waals surface area contributed by atoms with Crippen LogP contribution in [0.5, 0.6) is 0 Å². The molecule has 2 fully saturated rings. The molecule has 1 atom stereocenters. The van der Waals surface area contributed by atoms with Crippen LogP contribution < -0.4 is 0 Å². The molecule has 4 rings (SSSR count). The summed E-state index contributed by atoms with van der Waals surface area (Å²) in [6.07, 6.45) is 6.85. The lowest BCUT2D eigenvalue weighted by molar-refractivity contribution is -0.136. The predicted molar refractivity (Wildman–Crippen MR) is 149 cm³/mol. The van der Waals surface area contributed by atoms with Crippen LogP contribution in [0.3, 0.4) is 0 Å². The monoisotopic (exact) mass is 537 g/mol. The number of piperidine rings is 2. The lowest BCUT2D eigenvalue weighted by Crippen LogP contribution is -2.54. The van der Waals surface area contributed by atoms with Crippen LogP contribution in [0.25, 0.3) is 0 Å². The van der Waals surface area contributed by atoms with Gasteiger partial charge in [-0.1, -0.05) is 66.0 Å². The Morgan fingerprint density at radius 1 is 0.971 bits per heavy atom. The molecule has 35 heavy (non-hydrogen) atoms. The van der Waals surface area contributed by atoms with E-state index in [1.54, 1.807) is 6.92 Å². The van der Waals surface area contributed by atoms with Crippen LogP contribution in [0.1, 0.15) is 62.6 Å². The molecule has 2 aromatic carbocycles. The molecule has 0 bridgehead atoms. The van der Waals surface area contributed by atoms with Crippen molar-refractivity contribution < 1.29 is 4.79 Å². The van der Waals surface area contributed by atoms with E-state index in [0.717, 1.165) is 38.9 Å². The summed E-state index contributed by atoms with van der Waals surface area (Å²) in [7, 11) is 1.96. The van der Waals surface area contributed by atoms with Crippen molar-refractivity contribution in [2.24, 2.45) is 0 Å². The van der Waals surface area contributed by atoms with E-state index in [9.17, 15) is 4.79 Å². The molecule has 1 amide bonds. The largest absolute Gasteiger partial charge is 0.336 e. The molecule has 0 N–H and O–H groups in total. The summed E-state index contributed by atoms with van der Waals surface area (Å²) >= 11 is 12.7. The van der Waals surface area contributed by atoms with Crippen molar-refractivity contribution in [1.82, 2.24) is 14.7 Å². The number of carbonyl (C=O) groups is 1. The van der Waals surface area contributed by atoms with E-state index in [1.165, 1.54) is 43.5 Å². The first-order chi connectivity index (χ1) is 16.4. The molecule has 0 radical (unpaired) electrons. The van der Waals surface area contributed by atoms with Crippen LogP contribution in [0.4, 0.5) is 0 Å². The van der Waals surface area contributed by atoms with E-state index in [4.69, 9.17) is 23.2 Å². The van der Waals surface area contributed by atoms with Gasteiger partial charge in [0.25, 0.3) is 0 Å². The number of hydrogen-bond acceptors (Lipinski definition) is 3. The van der Waals surface area contributed by atoms with E-state index in [-0.39, 0.29) is 29.9 Å². The van der Waals surface area contributed by atoms with E-state index >= 15 is 0 Å². The summed E-state index contributed by atoms with van der Waals surface area (Å²) in [6.45, 7) is 7.03. The zero-order valence-corrected chi connectivity index (χ0v) is 23.2. The normalized spacial score (nSPS) is 19.5. The first-order valence-corrected chi connectivity index (χ1v) is 13.4. The Morgan fingerprint density at radius 3 is 2.23 bits per heavy atom. The SMILES string of the molecule is CC(=O)N(C)C1(c2ccccc2)CCN(C(CCN2CCCCC2)c2ccc(Cl)c(Cl)c2)CC1.Cl. The van der Waals surface area contributed by atoms with Crippen LogP contribution in [0.2, 0.25) is 10.0 Å². The predicted octanol–water partition coefficient (Wildman–Crippen LogP) is 6.80. The zero-order valence-electron chi connectivity index (χ0n) is 20.9. The second kappa shape index (κ2) is 12.8. The van der Waals surface area contributed by atoms with Crippen molar-refractivity contribution in [3.63, 3.8) is 0 Å². The number of rotatable bonds is 7. The highest BCUT2D eigenvalue weighted by Gasteiger charge is 2.42. The second-order valence-corrected chi connectivity index (χ2v) is 10.7. The van der Waals surface area contributed by atoms with Gasteiger partial charge in [0, 0.05) is 33.1 Å².